The van der Waals surface area contributed by atoms with Crippen LogP contribution in [-0.2, 0) is 0 Å². The Bertz CT molecular complexity index is 785. The van der Waals surface area contributed by atoms with Crippen LogP contribution in [0.25, 0.3) is 21.6 Å². The number of nitrogen functional groups attached to an aromatic ring is 1. The van der Waals surface area contributed by atoms with E-state index in [0.29, 0.717) is 21.7 Å². The zero-order valence-corrected chi connectivity index (χ0v) is 11.5. The lowest BCUT2D eigenvalue weighted by atomic mass is 10.2. The third-order valence-electron chi connectivity index (χ3n) is 2.79. The van der Waals surface area contributed by atoms with E-state index in [-0.39, 0.29) is 11.6 Å². The Morgan fingerprint density at radius 1 is 1.32 bits per heavy atom. The Balaban J connectivity index is 2.27. The first-order chi connectivity index (χ1) is 9.06. The van der Waals surface area contributed by atoms with E-state index in [1.165, 1.54) is 23.5 Å². The summed E-state index contributed by atoms with van der Waals surface area (Å²) in [5, 5.41) is 3.07. The maximum Gasteiger partial charge on any atom is 0.173 e. The number of aryl methyl sites for hydroxylation is 1. The van der Waals surface area contributed by atoms with Gasteiger partial charge in [-0.25, -0.2) is 14.4 Å². The zero-order valence-electron chi connectivity index (χ0n) is 9.95. The van der Waals surface area contributed by atoms with E-state index < -0.39 is 0 Å². The first kappa shape index (κ1) is 12.3. The minimum atomic E-state index is -0.361. The molecule has 3 nitrogen and oxygen atoms in total. The van der Waals surface area contributed by atoms with E-state index in [0.717, 1.165) is 10.4 Å². The summed E-state index contributed by atoms with van der Waals surface area (Å²) in [5.74, 6) is 0.363. The van der Waals surface area contributed by atoms with Crippen LogP contribution in [0.1, 0.15) is 5.56 Å². The normalized spacial score (nSPS) is 11.1. The number of nitrogens with zero attached hydrogens (tertiary/aromatic N) is 2. The molecule has 0 radical (unpaired) electrons. The molecule has 6 heteroatoms. The van der Waals surface area contributed by atoms with E-state index in [9.17, 15) is 4.39 Å². The summed E-state index contributed by atoms with van der Waals surface area (Å²) in [5.41, 5.74) is 7.44. The van der Waals surface area contributed by atoms with Crippen LogP contribution < -0.4 is 5.73 Å². The fourth-order valence-electron chi connectivity index (χ4n) is 1.81. The first-order valence-corrected chi connectivity index (χ1v) is 6.79. The van der Waals surface area contributed by atoms with Crippen molar-refractivity contribution in [1.29, 1.82) is 0 Å². The maximum absolute atomic E-state index is 13.2. The summed E-state index contributed by atoms with van der Waals surface area (Å²) in [6.45, 7) is 1.92. The van der Waals surface area contributed by atoms with Crippen LogP contribution in [0.2, 0.25) is 5.02 Å². The van der Waals surface area contributed by atoms with Crippen LogP contribution >= 0.6 is 22.9 Å². The predicted octanol–water partition coefficient (Wildman–Crippen LogP) is 4.04. The van der Waals surface area contributed by atoms with Gasteiger partial charge in [-0.3, -0.25) is 0 Å². The van der Waals surface area contributed by atoms with Crippen LogP contribution in [0.15, 0.2) is 23.6 Å². The molecule has 2 N–H and O–H groups in total. The molecule has 0 atom stereocenters. The molecule has 0 aliphatic rings. The van der Waals surface area contributed by atoms with Crippen molar-refractivity contribution in [2.75, 3.05) is 5.73 Å². The quantitative estimate of drug-likeness (QED) is 0.736. The topological polar surface area (TPSA) is 51.8 Å². The van der Waals surface area contributed by atoms with Crippen LogP contribution in [0.5, 0.6) is 0 Å². The number of hydrogen-bond acceptors (Lipinski definition) is 4. The van der Waals surface area contributed by atoms with Crippen molar-refractivity contribution in [2.45, 2.75) is 6.92 Å². The van der Waals surface area contributed by atoms with Gasteiger partial charge in [0.05, 0.1) is 15.4 Å². The van der Waals surface area contributed by atoms with Gasteiger partial charge in [0, 0.05) is 5.39 Å². The molecule has 0 spiro atoms. The number of thiophene rings is 1. The van der Waals surface area contributed by atoms with Crippen molar-refractivity contribution in [1.82, 2.24) is 9.97 Å². The van der Waals surface area contributed by atoms with Crippen LogP contribution in [0, 0.1) is 12.7 Å². The van der Waals surface area contributed by atoms with Gasteiger partial charge in [-0.1, -0.05) is 11.6 Å². The third-order valence-corrected chi connectivity index (χ3v) is 4.48. The molecule has 3 rings (SSSR count). The number of aromatic nitrogens is 2. The molecule has 0 aliphatic heterocycles. The molecule has 2 aromatic heterocycles. The highest BCUT2D eigenvalue weighted by Gasteiger charge is 2.14. The summed E-state index contributed by atoms with van der Waals surface area (Å²) in [6.07, 6.45) is 0. The van der Waals surface area contributed by atoms with Crippen molar-refractivity contribution >= 4 is 39.7 Å². The van der Waals surface area contributed by atoms with Crippen molar-refractivity contribution in [3.8, 4) is 10.7 Å². The maximum atomic E-state index is 13.2. The SMILES string of the molecule is Cc1csc(-c2nc(N)c3cc(F)ccc3n2)c1Cl. The molecule has 0 aliphatic carbocycles. The monoisotopic (exact) mass is 293 g/mol. The fraction of sp³-hybridized carbons (Fsp3) is 0.0769. The molecule has 1 aromatic carbocycles. The minimum Gasteiger partial charge on any atom is -0.383 e. The summed E-state index contributed by atoms with van der Waals surface area (Å²) in [6, 6.07) is 4.26. The van der Waals surface area contributed by atoms with Crippen molar-refractivity contribution in [3.05, 3.63) is 40.0 Å². The Morgan fingerprint density at radius 2 is 2.11 bits per heavy atom. The largest absolute Gasteiger partial charge is 0.383 e. The molecule has 0 unspecified atom stereocenters. The van der Waals surface area contributed by atoms with Gasteiger partial charge in [0.25, 0.3) is 0 Å². The van der Waals surface area contributed by atoms with Gasteiger partial charge in [-0.15, -0.1) is 11.3 Å². The van der Waals surface area contributed by atoms with Gasteiger partial charge in [0.1, 0.15) is 11.6 Å². The predicted molar refractivity (Wildman–Crippen MR) is 77.0 cm³/mol. The lowest BCUT2D eigenvalue weighted by Gasteiger charge is -2.04. The van der Waals surface area contributed by atoms with Crippen molar-refractivity contribution < 1.29 is 4.39 Å². The molecular formula is C13H9ClFN3S. The molecule has 3 aromatic rings. The highest BCUT2D eigenvalue weighted by atomic mass is 35.5. The standard InChI is InChI=1S/C13H9ClFN3S/c1-6-5-19-11(10(6)14)13-17-9-3-2-7(15)4-8(9)12(16)18-13/h2-5H,1H3,(H2,16,17,18). The Hall–Kier alpha value is -1.72. The van der Waals surface area contributed by atoms with Gasteiger partial charge < -0.3 is 5.73 Å². The van der Waals surface area contributed by atoms with Gasteiger partial charge in [0.2, 0.25) is 0 Å². The minimum absolute atomic E-state index is 0.251. The Kier molecular flexibility index (Phi) is 2.88. The highest BCUT2D eigenvalue weighted by molar-refractivity contribution is 7.14. The fourth-order valence-corrected chi connectivity index (χ4v) is 3.02. The Morgan fingerprint density at radius 3 is 2.79 bits per heavy atom. The number of fused-ring (bicyclic) bond motifs is 1. The van der Waals surface area contributed by atoms with E-state index in [1.54, 1.807) is 6.07 Å². The number of halogens is 2. The van der Waals surface area contributed by atoms with E-state index in [1.807, 2.05) is 12.3 Å². The van der Waals surface area contributed by atoms with Crippen LogP contribution in [0.3, 0.4) is 0 Å². The average molecular weight is 294 g/mol. The Labute approximate surface area is 117 Å². The van der Waals surface area contributed by atoms with Gasteiger partial charge in [0.15, 0.2) is 5.82 Å². The van der Waals surface area contributed by atoms with E-state index in [4.69, 9.17) is 17.3 Å². The molecule has 0 fully saturated rings. The van der Waals surface area contributed by atoms with Crippen molar-refractivity contribution in [2.24, 2.45) is 0 Å². The first-order valence-electron chi connectivity index (χ1n) is 5.53. The van der Waals surface area contributed by atoms with Gasteiger partial charge in [-0.2, -0.15) is 0 Å². The number of hydrogen-bond donors (Lipinski definition) is 1. The zero-order chi connectivity index (χ0) is 13.6. The average Bonchev–Trinajstić information content (AvgIpc) is 2.71. The van der Waals surface area contributed by atoms with Gasteiger partial charge in [-0.05, 0) is 36.1 Å². The van der Waals surface area contributed by atoms with Gasteiger partial charge >= 0.3 is 0 Å². The summed E-state index contributed by atoms with van der Waals surface area (Å²) in [4.78, 5) is 9.38. The van der Waals surface area contributed by atoms with Crippen LogP contribution in [0.4, 0.5) is 10.2 Å². The molecule has 19 heavy (non-hydrogen) atoms. The molecular weight excluding hydrogens is 285 g/mol. The highest BCUT2D eigenvalue weighted by Crippen LogP contribution is 2.35. The molecule has 96 valence electrons. The smallest absolute Gasteiger partial charge is 0.173 e. The second-order valence-corrected chi connectivity index (χ2v) is 5.41. The van der Waals surface area contributed by atoms with E-state index >= 15 is 0 Å². The number of rotatable bonds is 1. The molecule has 0 saturated heterocycles. The molecule has 0 amide bonds. The summed E-state index contributed by atoms with van der Waals surface area (Å²) < 4.78 is 13.2. The molecule has 0 saturated carbocycles. The summed E-state index contributed by atoms with van der Waals surface area (Å²) >= 11 is 7.66. The van der Waals surface area contributed by atoms with Crippen LogP contribution in [-0.4, -0.2) is 9.97 Å². The third kappa shape index (κ3) is 2.05. The van der Waals surface area contributed by atoms with Crippen molar-refractivity contribution in [3.63, 3.8) is 0 Å². The number of nitrogens with two attached hydrogens (primary N) is 1. The molecule has 0 bridgehead atoms. The lowest BCUT2D eigenvalue weighted by Crippen LogP contribution is -1.97. The lowest BCUT2D eigenvalue weighted by molar-refractivity contribution is 0.629. The molecule has 2 heterocycles. The number of anilines is 1. The second kappa shape index (κ2) is 4.43. The number of benzene rings is 1. The summed E-state index contributed by atoms with van der Waals surface area (Å²) in [7, 11) is 0. The van der Waals surface area contributed by atoms with E-state index in [2.05, 4.69) is 9.97 Å². The second-order valence-electron chi connectivity index (χ2n) is 4.16.